The highest BCUT2D eigenvalue weighted by Gasteiger charge is 2.02. The van der Waals surface area contributed by atoms with Crippen molar-refractivity contribution in [2.45, 2.75) is 0 Å². The van der Waals surface area contributed by atoms with E-state index < -0.39 is 0 Å². The van der Waals surface area contributed by atoms with Crippen LogP contribution >= 0.6 is 28.1 Å². The molecule has 0 aliphatic rings. The van der Waals surface area contributed by atoms with E-state index in [1.165, 1.54) is 0 Å². The van der Waals surface area contributed by atoms with E-state index in [9.17, 15) is 0 Å². The van der Waals surface area contributed by atoms with Crippen molar-refractivity contribution < 1.29 is 4.74 Å². The van der Waals surface area contributed by atoms with E-state index in [1.807, 2.05) is 55.6 Å². The Labute approximate surface area is 151 Å². The molecule has 2 N–H and O–H groups in total. The zero-order valence-electron chi connectivity index (χ0n) is 13.2. The molecule has 0 aliphatic carbocycles. The minimum Gasteiger partial charge on any atom is -0.497 e. The first-order valence-electron chi connectivity index (χ1n) is 7.24. The van der Waals surface area contributed by atoms with Gasteiger partial charge in [0.1, 0.15) is 5.75 Å². The minimum atomic E-state index is 0.617. The summed E-state index contributed by atoms with van der Waals surface area (Å²) in [6.07, 6.45) is 0. The fourth-order valence-electron chi connectivity index (χ4n) is 2.04. The van der Waals surface area contributed by atoms with Gasteiger partial charge in [0.25, 0.3) is 0 Å². The van der Waals surface area contributed by atoms with E-state index in [0.29, 0.717) is 5.11 Å². The topological polar surface area (TPSA) is 36.5 Å². The molecule has 0 aromatic heterocycles. The Kier molecular flexibility index (Phi) is 6.67. The number of methoxy groups -OCH3 is 1. The summed E-state index contributed by atoms with van der Waals surface area (Å²) in [5.41, 5.74) is 2.10. The number of rotatable bonds is 6. The Morgan fingerprint density at radius 2 is 1.96 bits per heavy atom. The van der Waals surface area contributed by atoms with Crippen LogP contribution in [0.5, 0.6) is 5.75 Å². The van der Waals surface area contributed by atoms with E-state index >= 15 is 0 Å². The molecule has 0 amide bonds. The molecule has 2 aromatic rings. The summed E-state index contributed by atoms with van der Waals surface area (Å²) in [7, 11) is 3.72. The van der Waals surface area contributed by atoms with E-state index in [2.05, 4.69) is 31.5 Å². The van der Waals surface area contributed by atoms with Crippen LogP contribution in [0.3, 0.4) is 0 Å². The van der Waals surface area contributed by atoms with Gasteiger partial charge in [0.05, 0.1) is 7.11 Å². The average Bonchev–Trinajstić information content (AvgIpc) is 2.55. The van der Waals surface area contributed by atoms with Crippen molar-refractivity contribution in [2.24, 2.45) is 0 Å². The zero-order valence-corrected chi connectivity index (χ0v) is 15.6. The molecule has 0 aliphatic heterocycles. The van der Waals surface area contributed by atoms with Crippen LogP contribution in [0.1, 0.15) is 0 Å². The SMILES string of the molecule is COc1ccc(N(C)CCNC(=S)Nc2cccc(Br)c2)cc1. The van der Waals surface area contributed by atoms with Crippen LogP contribution in [-0.4, -0.2) is 32.4 Å². The summed E-state index contributed by atoms with van der Waals surface area (Å²) >= 11 is 8.75. The van der Waals surface area contributed by atoms with Gasteiger partial charge in [-0.25, -0.2) is 0 Å². The van der Waals surface area contributed by atoms with Gasteiger partial charge in [-0.15, -0.1) is 0 Å². The number of nitrogens with one attached hydrogen (secondary N) is 2. The number of hydrogen-bond donors (Lipinski definition) is 2. The number of hydrogen-bond acceptors (Lipinski definition) is 3. The van der Waals surface area contributed by atoms with Crippen LogP contribution in [0, 0.1) is 0 Å². The van der Waals surface area contributed by atoms with Crippen LogP contribution in [-0.2, 0) is 0 Å². The molecule has 0 unspecified atom stereocenters. The lowest BCUT2D eigenvalue weighted by molar-refractivity contribution is 0.415. The van der Waals surface area contributed by atoms with Gasteiger partial charge < -0.3 is 20.3 Å². The molecule has 2 rings (SSSR count). The maximum atomic E-state index is 5.31. The average molecular weight is 394 g/mol. The first-order chi connectivity index (χ1) is 11.1. The second kappa shape index (κ2) is 8.74. The Morgan fingerprint density at radius 3 is 2.61 bits per heavy atom. The van der Waals surface area contributed by atoms with Gasteiger partial charge in [-0.1, -0.05) is 22.0 Å². The van der Waals surface area contributed by atoms with Crippen LogP contribution in [0.25, 0.3) is 0 Å². The van der Waals surface area contributed by atoms with Gasteiger partial charge in [0.15, 0.2) is 5.11 Å². The molecular weight excluding hydrogens is 374 g/mol. The van der Waals surface area contributed by atoms with Crippen molar-refractivity contribution in [2.75, 3.05) is 37.5 Å². The Morgan fingerprint density at radius 1 is 1.22 bits per heavy atom. The second-order valence-electron chi connectivity index (χ2n) is 5.01. The minimum absolute atomic E-state index is 0.617. The van der Waals surface area contributed by atoms with Crippen molar-refractivity contribution in [3.63, 3.8) is 0 Å². The van der Waals surface area contributed by atoms with Crippen molar-refractivity contribution in [3.05, 3.63) is 53.0 Å². The Hall–Kier alpha value is -1.79. The quantitative estimate of drug-likeness (QED) is 0.728. The van der Waals surface area contributed by atoms with Crippen LogP contribution in [0.15, 0.2) is 53.0 Å². The lowest BCUT2D eigenvalue weighted by atomic mass is 10.3. The van der Waals surface area contributed by atoms with Gasteiger partial charge in [-0.3, -0.25) is 0 Å². The monoisotopic (exact) mass is 393 g/mol. The summed E-state index contributed by atoms with van der Waals surface area (Å²) in [5.74, 6) is 0.861. The van der Waals surface area contributed by atoms with E-state index in [-0.39, 0.29) is 0 Å². The largest absolute Gasteiger partial charge is 0.497 e. The molecule has 0 saturated heterocycles. The van der Waals surface area contributed by atoms with Gasteiger partial charge in [0, 0.05) is 36.0 Å². The summed E-state index contributed by atoms with van der Waals surface area (Å²) in [6, 6.07) is 15.9. The third-order valence-electron chi connectivity index (χ3n) is 3.33. The number of anilines is 2. The predicted molar refractivity (Wildman–Crippen MR) is 105 cm³/mol. The van der Waals surface area contributed by atoms with Crippen molar-refractivity contribution in [3.8, 4) is 5.75 Å². The van der Waals surface area contributed by atoms with Crippen LogP contribution in [0.4, 0.5) is 11.4 Å². The molecule has 0 heterocycles. The zero-order chi connectivity index (χ0) is 16.7. The summed E-state index contributed by atoms with van der Waals surface area (Å²) in [5, 5.41) is 7.00. The first kappa shape index (κ1) is 17.6. The second-order valence-corrected chi connectivity index (χ2v) is 6.33. The predicted octanol–water partition coefficient (Wildman–Crippen LogP) is 3.88. The molecular formula is C17H20BrN3OS. The van der Waals surface area contributed by atoms with E-state index in [0.717, 1.165) is 34.7 Å². The van der Waals surface area contributed by atoms with Crippen LogP contribution < -0.4 is 20.3 Å². The first-order valence-corrected chi connectivity index (χ1v) is 8.44. The number of halogens is 1. The third kappa shape index (κ3) is 5.73. The van der Waals surface area contributed by atoms with Gasteiger partial charge in [0.2, 0.25) is 0 Å². The molecule has 0 spiro atoms. The number of thiocarbonyl (C=S) groups is 1. The van der Waals surface area contributed by atoms with E-state index in [4.69, 9.17) is 17.0 Å². The lowest BCUT2D eigenvalue weighted by Crippen LogP contribution is -2.35. The molecule has 0 fully saturated rings. The fourth-order valence-corrected chi connectivity index (χ4v) is 2.66. The smallest absolute Gasteiger partial charge is 0.170 e. The summed E-state index contributed by atoms with van der Waals surface area (Å²) in [6.45, 7) is 1.59. The molecule has 0 saturated carbocycles. The van der Waals surface area contributed by atoms with Crippen molar-refractivity contribution >= 4 is 44.6 Å². The summed E-state index contributed by atoms with van der Waals surface area (Å²) < 4.78 is 6.18. The molecule has 23 heavy (non-hydrogen) atoms. The number of nitrogens with zero attached hydrogens (tertiary/aromatic N) is 1. The molecule has 2 aromatic carbocycles. The maximum absolute atomic E-state index is 5.31. The highest BCUT2D eigenvalue weighted by molar-refractivity contribution is 9.10. The molecule has 4 nitrogen and oxygen atoms in total. The Balaban J connectivity index is 1.76. The van der Waals surface area contributed by atoms with Crippen molar-refractivity contribution in [1.29, 1.82) is 0 Å². The normalized spacial score (nSPS) is 10.0. The maximum Gasteiger partial charge on any atom is 0.170 e. The number of ether oxygens (including phenoxy) is 1. The molecule has 122 valence electrons. The third-order valence-corrected chi connectivity index (χ3v) is 4.07. The highest BCUT2D eigenvalue weighted by Crippen LogP contribution is 2.18. The fraction of sp³-hybridized carbons (Fsp3) is 0.235. The molecule has 0 bridgehead atoms. The molecule has 0 atom stereocenters. The van der Waals surface area contributed by atoms with Gasteiger partial charge in [-0.05, 0) is 54.7 Å². The number of benzene rings is 2. The standard InChI is InChI=1S/C17H20BrN3OS/c1-21(15-6-8-16(22-2)9-7-15)11-10-19-17(23)20-14-5-3-4-13(18)12-14/h3-9,12H,10-11H2,1-2H3,(H2,19,20,23). The van der Waals surface area contributed by atoms with Gasteiger partial charge >= 0.3 is 0 Å². The summed E-state index contributed by atoms with van der Waals surface area (Å²) in [4.78, 5) is 2.16. The number of likely N-dealkylation sites (N-methyl/N-ethyl adjacent to an activating group) is 1. The van der Waals surface area contributed by atoms with Crippen molar-refractivity contribution in [1.82, 2.24) is 5.32 Å². The van der Waals surface area contributed by atoms with Crippen LogP contribution in [0.2, 0.25) is 0 Å². The Bertz CT molecular complexity index is 649. The highest BCUT2D eigenvalue weighted by atomic mass is 79.9. The van der Waals surface area contributed by atoms with Gasteiger partial charge in [-0.2, -0.15) is 0 Å². The lowest BCUT2D eigenvalue weighted by Gasteiger charge is -2.20. The molecule has 0 radical (unpaired) electrons. The van der Waals surface area contributed by atoms with E-state index in [1.54, 1.807) is 7.11 Å². The molecule has 6 heteroatoms.